The van der Waals surface area contributed by atoms with Gasteiger partial charge in [0.25, 0.3) is 0 Å². The summed E-state index contributed by atoms with van der Waals surface area (Å²) in [5.74, 6) is -1.45. The first kappa shape index (κ1) is 20.5. The number of hydrogen-bond acceptors (Lipinski definition) is 4. The Morgan fingerprint density at radius 1 is 1.23 bits per heavy atom. The molecule has 1 unspecified atom stereocenters. The van der Waals surface area contributed by atoms with E-state index in [0.717, 1.165) is 35.0 Å². The van der Waals surface area contributed by atoms with Crippen molar-refractivity contribution in [3.8, 4) is 0 Å². The lowest BCUT2D eigenvalue weighted by molar-refractivity contribution is -0.117. The molecule has 4 rings (SSSR count). The summed E-state index contributed by atoms with van der Waals surface area (Å²) in [6.07, 6.45) is 2.47. The molecule has 0 spiro atoms. The smallest absolute Gasteiger partial charge is 0.346 e. The van der Waals surface area contributed by atoms with Gasteiger partial charge in [-0.2, -0.15) is 0 Å². The van der Waals surface area contributed by atoms with Crippen LogP contribution in [0.4, 0.5) is 10.1 Å². The second-order valence-electron chi connectivity index (χ2n) is 7.64. The molecule has 5 nitrogen and oxygen atoms in total. The number of amides is 1. The average molecular weight is 427 g/mol. The number of hydrogen-bond donors (Lipinski definition) is 2. The maximum atomic E-state index is 13.7. The highest BCUT2D eigenvalue weighted by molar-refractivity contribution is 7.21. The molecule has 156 valence electrons. The first-order chi connectivity index (χ1) is 14.4. The zero-order valence-electron chi connectivity index (χ0n) is 16.7. The Morgan fingerprint density at radius 2 is 2.03 bits per heavy atom. The third-order valence-corrected chi connectivity index (χ3v) is 6.92. The molecule has 2 aromatic carbocycles. The molecule has 3 aromatic rings. The van der Waals surface area contributed by atoms with Gasteiger partial charge in [0, 0.05) is 22.0 Å². The minimum absolute atomic E-state index is 0.0977. The number of nitrogens with one attached hydrogen (secondary N) is 1. The molecule has 0 saturated carbocycles. The minimum Gasteiger partial charge on any atom is -0.477 e. The number of aromatic carboxylic acids is 1. The van der Waals surface area contributed by atoms with Gasteiger partial charge in [-0.3, -0.25) is 9.69 Å². The van der Waals surface area contributed by atoms with Crippen LogP contribution < -0.4 is 5.32 Å². The number of carboxylic acid groups (broad SMARTS) is 1. The van der Waals surface area contributed by atoms with Crippen LogP contribution in [0.25, 0.3) is 10.1 Å². The van der Waals surface area contributed by atoms with E-state index in [1.165, 1.54) is 17.4 Å². The molecule has 0 aliphatic carbocycles. The van der Waals surface area contributed by atoms with Crippen LogP contribution in [-0.4, -0.2) is 41.0 Å². The number of benzene rings is 2. The van der Waals surface area contributed by atoms with E-state index < -0.39 is 5.97 Å². The summed E-state index contributed by atoms with van der Waals surface area (Å²) in [5, 5.41) is 13.4. The summed E-state index contributed by atoms with van der Waals surface area (Å²) < 4.78 is 14.7. The molecular formula is C23H23FN2O3S. The van der Waals surface area contributed by atoms with Crippen LogP contribution in [0.1, 0.15) is 33.6 Å². The van der Waals surface area contributed by atoms with Crippen LogP contribution in [0.5, 0.6) is 0 Å². The largest absolute Gasteiger partial charge is 0.477 e. The van der Waals surface area contributed by atoms with Crippen LogP contribution >= 0.6 is 11.3 Å². The van der Waals surface area contributed by atoms with Gasteiger partial charge in [0.2, 0.25) is 5.91 Å². The van der Waals surface area contributed by atoms with E-state index in [1.807, 2.05) is 24.3 Å². The van der Waals surface area contributed by atoms with Crippen molar-refractivity contribution in [3.63, 3.8) is 0 Å². The summed E-state index contributed by atoms with van der Waals surface area (Å²) in [7, 11) is 0. The molecule has 1 atom stereocenters. The van der Waals surface area contributed by atoms with Gasteiger partial charge in [-0.15, -0.1) is 11.3 Å². The number of carboxylic acids is 1. The molecular weight excluding hydrogens is 403 g/mol. The van der Waals surface area contributed by atoms with Crippen LogP contribution in [0.2, 0.25) is 0 Å². The fraction of sp³-hybridized carbons (Fsp3) is 0.304. The van der Waals surface area contributed by atoms with E-state index in [4.69, 9.17) is 0 Å². The van der Waals surface area contributed by atoms with Crippen molar-refractivity contribution in [1.29, 1.82) is 0 Å². The Balaban J connectivity index is 1.50. The standard InChI is InChI=1S/C23H23FN2O3S/c1-14-18(24)8-4-9-19(14)25-21(27)13-26-11-5-6-15(26)12-17-16-7-2-3-10-20(16)30-22(17)23(28)29/h2-4,7-10,15H,5-6,11-13H2,1H3,(H,25,27)(H,28,29). The van der Waals surface area contributed by atoms with Crippen molar-refractivity contribution in [1.82, 2.24) is 4.90 Å². The maximum absolute atomic E-state index is 13.7. The Labute approximate surface area is 178 Å². The number of thiophene rings is 1. The lowest BCUT2D eigenvalue weighted by Gasteiger charge is -2.24. The van der Waals surface area contributed by atoms with Gasteiger partial charge in [0.1, 0.15) is 10.7 Å². The Hall–Kier alpha value is -2.77. The van der Waals surface area contributed by atoms with Crippen molar-refractivity contribution in [2.45, 2.75) is 32.2 Å². The SMILES string of the molecule is Cc1c(F)cccc1NC(=O)CN1CCCC1Cc1c(C(=O)O)sc2ccccc12. The van der Waals surface area contributed by atoms with Gasteiger partial charge in [-0.25, -0.2) is 9.18 Å². The molecule has 30 heavy (non-hydrogen) atoms. The number of halogens is 1. The second-order valence-corrected chi connectivity index (χ2v) is 8.69. The van der Waals surface area contributed by atoms with Crippen molar-refractivity contribution in [2.75, 3.05) is 18.4 Å². The van der Waals surface area contributed by atoms with Crippen LogP contribution in [-0.2, 0) is 11.2 Å². The highest BCUT2D eigenvalue weighted by atomic mass is 32.1. The molecule has 1 saturated heterocycles. The lowest BCUT2D eigenvalue weighted by atomic mass is 10.0. The molecule has 0 bridgehead atoms. The third-order valence-electron chi connectivity index (χ3n) is 5.72. The third kappa shape index (κ3) is 4.08. The Morgan fingerprint density at radius 3 is 2.83 bits per heavy atom. The van der Waals surface area contributed by atoms with Crippen LogP contribution in [0.15, 0.2) is 42.5 Å². The number of carbonyl (C=O) groups excluding carboxylic acids is 1. The fourth-order valence-corrected chi connectivity index (χ4v) is 5.23. The first-order valence-corrected chi connectivity index (χ1v) is 10.8. The summed E-state index contributed by atoms with van der Waals surface area (Å²) in [4.78, 5) is 26.9. The van der Waals surface area contributed by atoms with E-state index in [-0.39, 0.29) is 24.3 Å². The normalized spacial score (nSPS) is 16.8. The van der Waals surface area contributed by atoms with Crippen molar-refractivity contribution in [3.05, 3.63) is 64.3 Å². The number of likely N-dealkylation sites (tertiary alicyclic amines) is 1. The van der Waals surface area contributed by atoms with Crippen LogP contribution in [0, 0.1) is 12.7 Å². The monoisotopic (exact) mass is 426 g/mol. The summed E-state index contributed by atoms with van der Waals surface area (Å²) in [6.45, 7) is 2.62. The van der Waals surface area contributed by atoms with E-state index in [9.17, 15) is 19.1 Å². The molecule has 2 N–H and O–H groups in total. The number of fused-ring (bicyclic) bond motifs is 1. The number of carbonyl (C=O) groups is 2. The maximum Gasteiger partial charge on any atom is 0.346 e. The van der Waals surface area contributed by atoms with Crippen molar-refractivity contribution >= 4 is 39.0 Å². The highest BCUT2D eigenvalue weighted by Gasteiger charge is 2.29. The average Bonchev–Trinajstić information content (AvgIpc) is 3.30. The molecule has 1 aliphatic rings. The number of anilines is 1. The Bertz CT molecular complexity index is 1110. The quantitative estimate of drug-likeness (QED) is 0.600. The Kier molecular flexibility index (Phi) is 5.83. The first-order valence-electron chi connectivity index (χ1n) is 9.96. The minimum atomic E-state index is -0.907. The fourth-order valence-electron chi connectivity index (χ4n) is 4.16. The van der Waals surface area contributed by atoms with Crippen molar-refractivity contribution < 1.29 is 19.1 Å². The number of nitrogens with zero attached hydrogens (tertiary/aromatic N) is 1. The molecule has 1 aliphatic heterocycles. The van der Waals surface area contributed by atoms with E-state index in [2.05, 4.69) is 10.2 Å². The summed E-state index contributed by atoms with van der Waals surface area (Å²) in [5.41, 5.74) is 1.74. The van der Waals surface area contributed by atoms with Gasteiger partial charge >= 0.3 is 5.97 Å². The molecule has 2 heterocycles. The summed E-state index contributed by atoms with van der Waals surface area (Å²) >= 11 is 1.30. The highest BCUT2D eigenvalue weighted by Crippen LogP contribution is 2.34. The van der Waals surface area contributed by atoms with Gasteiger partial charge in [-0.1, -0.05) is 24.3 Å². The molecule has 7 heteroatoms. The predicted octanol–water partition coefficient (Wildman–Crippen LogP) is 4.69. The lowest BCUT2D eigenvalue weighted by Crippen LogP contribution is -2.38. The van der Waals surface area contributed by atoms with E-state index >= 15 is 0 Å². The van der Waals surface area contributed by atoms with Crippen LogP contribution in [0.3, 0.4) is 0 Å². The van der Waals surface area contributed by atoms with Gasteiger partial charge in [-0.05, 0) is 61.9 Å². The molecule has 1 amide bonds. The number of rotatable bonds is 6. The van der Waals surface area contributed by atoms with Gasteiger partial charge < -0.3 is 10.4 Å². The molecule has 1 fully saturated rings. The topological polar surface area (TPSA) is 69.6 Å². The zero-order valence-corrected chi connectivity index (χ0v) is 17.5. The predicted molar refractivity (Wildman–Crippen MR) is 117 cm³/mol. The van der Waals surface area contributed by atoms with Gasteiger partial charge in [0.05, 0.1) is 6.54 Å². The second kappa shape index (κ2) is 8.53. The van der Waals surface area contributed by atoms with E-state index in [1.54, 1.807) is 19.1 Å². The molecule has 1 aromatic heterocycles. The zero-order chi connectivity index (χ0) is 21.3. The summed E-state index contributed by atoms with van der Waals surface area (Å²) in [6, 6.07) is 12.5. The van der Waals surface area contributed by atoms with Crippen molar-refractivity contribution in [2.24, 2.45) is 0 Å². The molecule has 0 radical (unpaired) electrons. The van der Waals surface area contributed by atoms with Gasteiger partial charge in [0.15, 0.2) is 0 Å². The van der Waals surface area contributed by atoms with E-state index in [0.29, 0.717) is 22.5 Å².